The Bertz CT molecular complexity index is 1670. The highest BCUT2D eigenvalue weighted by Crippen LogP contribution is 2.33. The number of ether oxygens (including phenoxy) is 1. The van der Waals surface area contributed by atoms with Crippen molar-refractivity contribution in [2.45, 2.75) is 6.61 Å². The molecular formula is C35H26N2O2. The number of nitrogens with one attached hydrogen (secondary N) is 1. The van der Waals surface area contributed by atoms with Crippen LogP contribution < -0.4 is 4.74 Å². The van der Waals surface area contributed by atoms with Gasteiger partial charge in [-0.1, -0.05) is 115 Å². The minimum atomic E-state index is 0.00491. The standard InChI is InChI=1S/C35H26N2O2/c38-34(28-14-8-3-9-15-28)29-18-16-27(17-19-29)33-32(26-12-6-2-7-13-26)36-35(37-33)30-20-22-31(23-21-30)39-24-25-10-4-1-5-11-25/h1-23H,24H2,(H,36,37). The van der Waals surface area contributed by atoms with Crippen molar-refractivity contribution in [2.24, 2.45) is 0 Å². The summed E-state index contributed by atoms with van der Waals surface area (Å²) < 4.78 is 5.95. The third-order valence-electron chi connectivity index (χ3n) is 6.60. The van der Waals surface area contributed by atoms with Crippen LogP contribution in [0.25, 0.3) is 33.9 Å². The molecule has 4 heteroatoms. The number of carbonyl (C=O) groups excluding carboxylic acids is 1. The number of ketones is 1. The van der Waals surface area contributed by atoms with Gasteiger partial charge in [-0.3, -0.25) is 4.79 Å². The van der Waals surface area contributed by atoms with Gasteiger partial charge in [0.05, 0.1) is 11.4 Å². The zero-order chi connectivity index (χ0) is 26.4. The molecular weight excluding hydrogens is 480 g/mol. The van der Waals surface area contributed by atoms with Gasteiger partial charge in [-0.15, -0.1) is 0 Å². The van der Waals surface area contributed by atoms with Gasteiger partial charge in [0.25, 0.3) is 0 Å². The molecule has 0 aliphatic heterocycles. The van der Waals surface area contributed by atoms with Crippen molar-refractivity contribution in [3.05, 3.63) is 156 Å². The molecule has 1 aromatic heterocycles. The maximum atomic E-state index is 12.9. The number of hydrogen-bond acceptors (Lipinski definition) is 3. The minimum absolute atomic E-state index is 0.00491. The first-order valence-corrected chi connectivity index (χ1v) is 12.9. The van der Waals surface area contributed by atoms with Crippen LogP contribution in [0.1, 0.15) is 21.5 Å². The number of aromatic nitrogens is 2. The Balaban J connectivity index is 1.29. The molecule has 6 rings (SSSR count). The maximum Gasteiger partial charge on any atom is 0.193 e. The first-order chi connectivity index (χ1) is 19.2. The van der Waals surface area contributed by atoms with Gasteiger partial charge < -0.3 is 9.72 Å². The van der Waals surface area contributed by atoms with Crippen molar-refractivity contribution in [2.75, 3.05) is 0 Å². The third kappa shape index (κ3) is 5.41. The van der Waals surface area contributed by atoms with E-state index in [-0.39, 0.29) is 5.78 Å². The second kappa shape index (κ2) is 11.0. The molecule has 0 radical (unpaired) electrons. The predicted octanol–water partition coefficient (Wildman–Crippen LogP) is 8.22. The van der Waals surface area contributed by atoms with Crippen molar-refractivity contribution in [3.8, 4) is 39.7 Å². The largest absolute Gasteiger partial charge is 0.489 e. The number of rotatable bonds is 8. The summed E-state index contributed by atoms with van der Waals surface area (Å²) in [5.41, 5.74) is 7.15. The molecule has 4 nitrogen and oxygen atoms in total. The lowest BCUT2D eigenvalue weighted by molar-refractivity contribution is 0.103. The summed E-state index contributed by atoms with van der Waals surface area (Å²) in [6.45, 7) is 0.520. The zero-order valence-corrected chi connectivity index (χ0v) is 21.2. The molecule has 1 heterocycles. The Morgan fingerprint density at radius 1 is 0.590 bits per heavy atom. The SMILES string of the molecule is O=C(c1ccccc1)c1ccc(-c2[nH]c(-c3ccc(OCc4ccccc4)cc3)nc2-c2ccccc2)cc1. The molecule has 6 aromatic rings. The van der Waals surface area contributed by atoms with Crippen LogP contribution in [0.5, 0.6) is 5.75 Å². The van der Waals surface area contributed by atoms with Gasteiger partial charge in [-0.25, -0.2) is 4.98 Å². The van der Waals surface area contributed by atoms with Crippen LogP contribution in [-0.2, 0) is 6.61 Å². The summed E-state index contributed by atoms with van der Waals surface area (Å²) in [7, 11) is 0. The number of hydrogen-bond donors (Lipinski definition) is 1. The van der Waals surface area contributed by atoms with Crippen molar-refractivity contribution < 1.29 is 9.53 Å². The average molecular weight is 507 g/mol. The Labute approximate surface area is 227 Å². The number of H-pyrrole nitrogens is 1. The second-order valence-corrected chi connectivity index (χ2v) is 9.25. The van der Waals surface area contributed by atoms with E-state index in [1.807, 2.05) is 127 Å². The summed E-state index contributed by atoms with van der Waals surface area (Å²) in [6.07, 6.45) is 0. The van der Waals surface area contributed by atoms with Gasteiger partial charge in [0.2, 0.25) is 0 Å². The molecule has 0 saturated carbocycles. The molecule has 0 bridgehead atoms. The molecule has 0 spiro atoms. The van der Waals surface area contributed by atoms with Crippen LogP contribution >= 0.6 is 0 Å². The van der Waals surface area contributed by atoms with Gasteiger partial charge >= 0.3 is 0 Å². The predicted molar refractivity (Wildman–Crippen MR) is 156 cm³/mol. The number of carbonyl (C=O) groups is 1. The monoisotopic (exact) mass is 506 g/mol. The molecule has 0 amide bonds. The lowest BCUT2D eigenvalue weighted by Gasteiger charge is -2.07. The molecule has 188 valence electrons. The molecule has 0 unspecified atom stereocenters. The normalized spacial score (nSPS) is 10.8. The van der Waals surface area contributed by atoms with E-state index in [2.05, 4.69) is 17.1 Å². The Morgan fingerprint density at radius 3 is 1.82 bits per heavy atom. The summed E-state index contributed by atoms with van der Waals surface area (Å²) in [5, 5.41) is 0. The summed E-state index contributed by atoms with van der Waals surface area (Å²) in [5.74, 6) is 1.57. The van der Waals surface area contributed by atoms with E-state index in [0.717, 1.165) is 45.2 Å². The summed E-state index contributed by atoms with van der Waals surface area (Å²) in [6, 6.07) is 45.2. The van der Waals surface area contributed by atoms with Gasteiger partial charge in [-0.05, 0) is 29.8 Å². The topological polar surface area (TPSA) is 55.0 Å². The molecule has 0 aliphatic carbocycles. The smallest absolute Gasteiger partial charge is 0.193 e. The number of nitrogens with zero attached hydrogens (tertiary/aromatic N) is 1. The fourth-order valence-corrected chi connectivity index (χ4v) is 4.52. The van der Waals surface area contributed by atoms with Gasteiger partial charge in [0, 0.05) is 27.8 Å². The summed E-state index contributed by atoms with van der Waals surface area (Å²) in [4.78, 5) is 21.4. The lowest BCUT2D eigenvalue weighted by Crippen LogP contribution is -2.00. The van der Waals surface area contributed by atoms with Crippen molar-refractivity contribution in [3.63, 3.8) is 0 Å². The number of imidazole rings is 1. The Morgan fingerprint density at radius 2 is 1.15 bits per heavy atom. The Hall–Kier alpha value is -5.22. The van der Waals surface area contributed by atoms with Crippen LogP contribution in [-0.4, -0.2) is 15.8 Å². The van der Waals surface area contributed by atoms with Crippen LogP contribution in [0.4, 0.5) is 0 Å². The highest BCUT2D eigenvalue weighted by molar-refractivity contribution is 6.09. The molecule has 0 aliphatic rings. The fourth-order valence-electron chi connectivity index (χ4n) is 4.52. The molecule has 5 aromatic carbocycles. The third-order valence-corrected chi connectivity index (χ3v) is 6.60. The maximum absolute atomic E-state index is 12.9. The molecule has 39 heavy (non-hydrogen) atoms. The van der Waals surface area contributed by atoms with Gasteiger partial charge in [-0.2, -0.15) is 0 Å². The first-order valence-electron chi connectivity index (χ1n) is 12.9. The summed E-state index contributed by atoms with van der Waals surface area (Å²) >= 11 is 0. The van der Waals surface area contributed by atoms with E-state index >= 15 is 0 Å². The fraction of sp³-hybridized carbons (Fsp3) is 0.0286. The highest BCUT2D eigenvalue weighted by Gasteiger charge is 2.16. The zero-order valence-electron chi connectivity index (χ0n) is 21.2. The van der Waals surface area contributed by atoms with E-state index in [4.69, 9.17) is 9.72 Å². The average Bonchev–Trinajstić information content (AvgIpc) is 3.47. The van der Waals surface area contributed by atoms with Crippen molar-refractivity contribution >= 4 is 5.78 Å². The van der Waals surface area contributed by atoms with Crippen LogP contribution in [0.3, 0.4) is 0 Å². The van der Waals surface area contributed by atoms with Gasteiger partial charge in [0.15, 0.2) is 5.78 Å². The lowest BCUT2D eigenvalue weighted by atomic mass is 10.00. The second-order valence-electron chi connectivity index (χ2n) is 9.25. The van der Waals surface area contributed by atoms with E-state index < -0.39 is 0 Å². The van der Waals surface area contributed by atoms with Crippen LogP contribution in [0.15, 0.2) is 140 Å². The van der Waals surface area contributed by atoms with E-state index in [9.17, 15) is 4.79 Å². The van der Waals surface area contributed by atoms with Gasteiger partial charge in [0.1, 0.15) is 18.2 Å². The molecule has 1 N–H and O–H groups in total. The highest BCUT2D eigenvalue weighted by atomic mass is 16.5. The first kappa shape index (κ1) is 24.1. The van der Waals surface area contributed by atoms with E-state index in [1.165, 1.54) is 0 Å². The minimum Gasteiger partial charge on any atom is -0.489 e. The van der Waals surface area contributed by atoms with Crippen molar-refractivity contribution in [1.82, 2.24) is 9.97 Å². The van der Waals surface area contributed by atoms with Crippen LogP contribution in [0.2, 0.25) is 0 Å². The number of benzene rings is 5. The molecule has 0 saturated heterocycles. The van der Waals surface area contributed by atoms with E-state index in [0.29, 0.717) is 17.7 Å². The quantitative estimate of drug-likeness (QED) is 0.212. The molecule has 0 fully saturated rings. The molecule has 0 atom stereocenters. The number of aromatic amines is 1. The van der Waals surface area contributed by atoms with Crippen LogP contribution in [0, 0.1) is 0 Å². The van der Waals surface area contributed by atoms with Crippen molar-refractivity contribution in [1.29, 1.82) is 0 Å². The van der Waals surface area contributed by atoms with E-state index in [1.54, 1.807) is 0 Å². The Kier molecular flexibility index (Phi) is 6.83.